The molecule has 0 saturated heterocycles. The van der Waals surface area contributed by atoms with Gasteiger partial charge in [0.05, 0.1) is 12.1 Å². The van der Waals surface area contributed by atoms with E-state index in [1.807, 2.05) is 6.07 Å². The summed E-state index contributed by atoms with van der Waals surface area (Å²) in [5, 5.41) is 26.5. The van der Waals surface area contributed by atoms with Gasteiger partial charge in [0.2, 0.25) is 0 Å². The lowest BCUT2D eigenvalue weighted by atomic mass is 9.95. The van der Waals surface area contributed by atoms with Crippen molar-refractivity contribution >= 4 is 5.91 Å². The van der Waals surface area contributed by atoms with Crippen molar-refractivity contribution in [3.05, 3.63) is 47.6 Å². The Morgan fingerprint density at radius 3 is 2.91 bits per heavy atom. The number of hydrogen-bond donors (Lipinski definition) is 3. The Bertz CT molecular complexity index is 658. The van der Waals surface area contributed by atoms with Gasteiger partial charge in [0, 0.05) is 24.4 Å². The molecule has 1 aliphatic carbocycles. The number of carbonyl (C=O) groups excluding carboxylic acids is 1. The number of amides is 1. The first-order valence-corrected chi connectivity index (χ1v) is 7.06. The van der Waals surface area contributed by atoms with Crippen molar-refractivity contribution in [2.75, 3.05) is 0 Å². The summed E-state index contributed by atoms with van der Waals surface area (Å²) in [6, 6.07) is 4.56. The number of aromatic nitrogens is 2. The molecule has 3 N–H and O–H groups in total. The third-order valence-corrected chi connectivity index (χ3v) is 3.96. The fraction of sp³-hybridized carbons (Fsp3) is 0.400. The van der Waals surface area contributed by atoms with E-state index in [1.54, 1.807) is 25.4 Å². The number of aryl methyl sites for hydroxylation is 1. The van der Waals surface area contributed by atoms with Crippen LogP contribution < -0.4 is 5.32 Å². The molecule has 22 heavy (non-hydrogen) atoms. The van der Waals surface area contributed by atoms with Gasteiger partial charge in [0.1, 0.15) is 11.9 Å². The molecule has 1 fully saturated rings. The summed E-state index contributed by atoms with van der Waals surface area (Å²) in [6.45, 7) is 1.69. The van der Waals surface area contributed by atoms with E-state index in [0.717, 1.165) is 5.56 Å². The summed E-state index contributed by atoms with van der Waals surface area (Å²) in [6.07, 6.45) is 1.75. The lowest BCUT2D eigenvalue weighted by Gasteiger charge is -2.23. The molecule has 2 heterocycles. The van der Waals surface area contributed by atoms with Gasteiger partial charge in [0.25, 0.3) is 5.91 Å². The van der Waals surface area contributed by atoms with Gasteiger partial charge in [-0.3, -0.25) is 9.78 Å². The molecule has 1 saturated carbocycles. The molecule has 1 amide bonds. The minimum Gasteiger partial charge on any atom is -0.390 e. The monoisotopic (exact) mass is 303 g/mol. The molecule has 0 aromatic carbocycles. The van der Waals surface area contributed by atoms with Crippen LogP contribution >= 0.6 is 0 Å². The van der Waals surface area contributed by atoms with E-state index in [1.165, 1.54) is 6.07 Å². The van der Waals surface area contributed by atoms with Crippen LogP contribution in [0, 0.1) is 6.92 Å². The Kier molecular flexibility index (Phi) is 3.91. The van der Waals surface area contributed by atoms with Crippen molar-refractivity contribution in [3.63, 3.8) is 0 Å². The van der Waals surface area contributed by atoms with Crippen molar-refractivity contribution in [1.29, 1.82) is 0 Å². The predicted octanol–water partition coefficient (Wildman–Crippen LogP) is 0.386. The smallest absolute Gasteiger partial charge is 0.273 e. The summed E-state index contributed by atoms with van der Waals surface area (Å²) in [7, 11) is 0. The van der Waals surface area contributed by atoms with Crippen LogP contribution in [0.3, 0.4) is 0 Å². The predicted molar refractivity (Wildman–Crippen MR) is 76.1 cm³/mol. The number of rotatable bonds is 3. The van der Waals surface area contributed by atoms with Gasteiger partial charge in [-0.1, -0.05) is 11.2 Å². The van der Waals surface area contributed by atoms with Crippen molar-refractivity contribution in [1.82, 2.24) is 15.5 Å². The molecule has 2 aromatic heterocycles. The lowest BCUT2D eigenvalue weighted by molar-refractivity contribution is 0.0293. The number of hydrogen-bond acceptors (Lipinski definition) is 6. The Morgan fingerprint density at radius 2 is 2.27 bits per heavy atom. The van der Waals surface area contributed by atoms with Crippen molar-refractivity contribution in [2.45, 2.75) is 37.5 Å². The van der Waals surface area contributed by atoms with E-state index in [-0.39, 0.29) is 11.6 Å². The van der Waals surface area contributed by atoms with E-state index in [0.29, 0.717) is 12.2 Å². The van der Waals surface area contributed by atoms with Gasteiger partial charge in [0.15, 0.2) is 5.69 Å². The third-order valence-electron chi connectivity index (χ3n) is 3.96. The molecular formula is C15H17N3O4. The maximum Gasteiger partial charge on any atom is 0.273 e. The number of nitrogens with zero attached hydrogens (tertiary/aromatic N) is 2. The van der Waals surface area contributed by atoms with Crippen LogP contribution in [0.4, 0.5) is 0 Å². The van der Waals surface area contributed by atoms with Crippen LogP contribution in [0.5, 0.6) is 0 Å². The Labute approximate surface area is 127 Å². The molecule has 2 aromatic rings. The number of pyridine rings is 1. The van der Waals surface area contributed by atoms with E-state index < -0.39 is 24.2 Å². The standard InChI is InChI=1S/C15H17N3O4/c1-8-5-11(18-22-8)15(21)17-13-10(6-12(19)14(13)20)9-3-2-4-16-7-9/h2-5,7,10,12-14,19-20H,6H2,1H3,(H,17,21)/t10-,12-,13-,14-/m1/s1. The zero-order valence-electron chi connectivity index (χ0n) is 12.0. The van der Waals surface area contributed by atoms with Gasteiger partial charge in [-0.15, -0.1) is 0 Å². The van der Waals surface area contributed by atoms with Crippen LogP contribution in [0.15, 0.2) is 35.1 Å². The van der Waals surface area contributed by atoms with E-state index in [4.69, 9.17) is 4.52 Å². The minimum atomic E-state index is -1.04. The highest BCUT2D eigenvalue weighted by molar-refractivity contribution is 5.92. The molecule has 0 spiro atoms. The third kappa shape index (κ3) is 2.72. The minimum absolute atomic E-state index is 0.149. The molecule has 7 heteroatoms. The van der Waals surface area contributed by atoms with E-state index in [2.05, 4.69) is 15.5 Å². The second-order valence-electron chi connectivity index (χ2n) is 5.51. The molecule has 116 valence electrons. The van der Waals surface area contributed by atoms with E-state index in [9.17, 15) is 15.0 Å². The fourth-order valence-corrected chi connectivity index (χ4v) is 2.85. The van der Waals surface area contributed by atoms with Gasteiger partial charge in [-0.05, 0) is 25.0 Å². The summed E-state index contributed by atoms with van der Waals surface area (Å²) < 4.78 is 4.88. The first-order valence-electron chi connectivity index (χ1n) is 7.06. The lowest BCUT2D eigenvalue weighted by Crippen LogP contribution is -2.45. The zero-order valence-corrected chi connectivity index (χ0v) is 12.0. The summed E-state index contributed by atoms with van der Waals surface area (Å²) in [5.41, 5.74) is 1.01. The molecule has 3 rings (SSSR count). The fourth-order valence-electron chi connectivity index (χ4n) is 2.85. The highest BCUT2D eigenvalue weighted by atomic mass is 16.5. The molecule has 0 radical (unpaired) electrons. The second-order valence-corrected chi connectivity index (χ2v) is 5.51. The molecular weight excluding hydrogens is 286 g/mol. The number of aliphatic hydroxyl groups excluding tert-OH is 2. The van der Waals surface area contributed by atoms with Crippen molar-refractivity contribution < 1.29 is 19.5 Å². The summed E-state index contributed by atoms with van der Waals surface area (Å²) >= 11 is 0. The highest BCUT2D eigenvalue weighted by Crippen LogP contribution is 2.35. The molecule has 1 aliphatic rings. The SMILES string of the molecule is Cc1cc(C(=O)N[C@H]2[C@H](O)[C@H](O)C[C@@H]2c2cccnc2)no1. The number of nitrogens with one attached hydrogen (secondary N) is 1. The van der Waals surface area contributed by atoms with Gasteiger partial charge < -0.3 is 20.1 Å². The average molecular weight is 303 g/mol. The average Bonchev–Trinajstić information content (AvgIpc) is 3.07. The van der Waals surface area contributed by atoms with Crippen LogP contribution in [0.1, 0.15) is 34.2 Å². The summed E-state index contributed by atoms with van der Waals surface area (Å²) in [5.74, 6) is -0.125. The molecule has 4 atom stereocenters. The zero-order chi connectivity index (χ0) is 15.7. The summed E-state index contributed by atoms with van der Waals surface area (Å²) in [4.78, 5) is 16.3. The first kappa shape index (κ1) is 14.7. The molecule has 0 aliphatic heterocycles. The Hall–Kier alpha value is -2.25. The molecule has 0 unspecified atom stereocenters. The van der Waals surface area contributed by atoms with Crippen LogP contribution in [-0.4, -0.2) is 44.5 Å². The normalized spacial score (nSPS) is 27.8. The number of aliphatic hydroxyl groups is 2. The van der Waals surface area contributed by atoms with Gasteiger partial charge >= 0.3 is 0 Å². The first-order chi connectivity index (χ1) is 10.6. The van der Waals surface area contributed by atoms with Crippen LogP contribution in [-0.2, 0) is 0 Å². The molecule has 0 bridgehead atoms. The quantitative estimate of drug-likeness (QED) is 0.756. The maximum absolute atomic E-state index is 12.2. The van der Waals surface area contributed by atoms with Gasteiger partial charge in [-0.2, -0.15) is 0 Å². The van der Waals surface area contributed by atoms with Crippen LogP contribution in [0.25, 0.3) is 0 Å². The largest absolute Gasteiger partial charge is 0.390 e. The topological polar surface area (TPSA) is 108 Å². The molecule has 7 nitrogen and oxygen atoms in total. The van der Waals surface area contributed by atoms with Crippen LogP contribution in [0.2, 0.25) is 0 Å². The van der Waals surface area contributed by atoms with Crippen molar-refractivity contribution in [3.8, 4) is 0 Å². The number of carbonyl (C=O) groups is 1. The van der Waals surface area contributed by atoms with E-state index >= 15 is 0 Å². The Morgan fingerprint density at radius 1 is 1.45 bits per heavy atom. The second kappa shape index (κ2) is 5.86. The van der Waals surface area contributed by atoms with Crippen molar-refractivity contribution in [2.24, 2.45) is 0 Å². The maximum atomic E-state index is 12.2. The Balaban J connectivity index is 1.81. The highest BCUT2D eigenvalue weighted by Gasteiger charge is 2.43. The van der Waals surface area contributed by atoms with Gasteiger partial charge in [-0.25, -0.2) is 0 Å².